The van der Waals surface area contributed by atoms with Crippen LogP contribution in [-0.2, 0) is 24.3 Å². The van der Waals surface area contributed by atoms with Gasteiger partial charge in [-0.15, -0.1) is 0 Å². The summed E-state index contributed by atoms with van der Waals surface area (Å²) in [5.74, 6) is 0.548. The molecule has 37 heavy (non-hydrogen) atoms. The number of amides is 1. The number of hydrogen-bond acceptors (Lipinski definition) is 7. The van der Waals surface area contributed by atoms with E-state index in [0.717, 1.165) is 38.8 Å². The van der Waals surface area contributed by atoms with Crippen LogP contribution in [0.2, 0.25) is 0 Å². The lowest BCUT2D eigenvalue weighted by atomic mass is 9.92. The van der Waals surface area contributed by atoms with Gasteiger partial charge in [0.2, 0.25) is 15.9 Å². The van der Waals surface area contributed by atoms with E-state index in [0.29, 0.717) is 16.9 Å². The number of carbonyl (C=O) groups excluding carboxylic acids is 1. The van der Waals surface area contributed by atoms with Crippen LogP contribution in [0.3, 0.4) is 0 Å². The number of rotatable bonds is 13. The first-order chi connectivity index (χ1) is 17.6. The number of methoxy groups -OCH3 is 1. The number of likely N-dealkylation sites (tertiary alicyclic amines) is 1. The molecule has 1 aliphatic heterocycles. The molecule has 0 radical (unpaired) electrons. The number of likely N-dealkylation sites (N-methyl/N-ethyl adjacent to an activating group) is 2. The first-order valence-corrected chi connectivity index (χ1v) is 14.9. The molecule has 3 rings (SSSR count). The topological polar surface area (TPSA) is 88.6 Å². The molecule has 0 atom stereocenters. The van der Waals surface area contributed by atoms with E-state index < -0.39 is 10.0 Å². The minimum atomic E-state index is -3.69. The van der Waals surface area contributed by atoms with Gasteiger partial charge in [0.05, 0.1) is 31.3 Å². The van der Waals surface area contributed by atoms with Crippen LogP contribution < -0.4 is 4.74 Å². The van der Waals surface area contributed by atoms with Crippen LogP contribution in [0.1, 0.15) is 49.7 Å². The lowest BCUT2D eigenvalue weighted by molar-refractivity contribution is -0.138. The van der Waals surface area contributed by atoms with Gasteiger partial charge in [0.25, 0.3) is 0 Å². The van der Waals surface area contributed by atoms with Crippen molar-refractivity contribution in [3.8, 4) is 5.75 Å². The van der Waals surface area contributed by atoms with E-state index in [9.17, 15) is 13.2 Å². The van der Waals surface area contributed by atoms with Crippen LogP contribution >= 0.6 is 0 Å². The molecule has 0 aromatic heterocycles. The Hall–Kier alpha value is -1.72. The number of benzene rings is 1. The minimum absolute atomic E-state index is 0.0583. The van der Waals surface area contributed by atoms with Crippen molar-refractivity contribution in [3.05, 3.63) is 23.3 Å². The fourth-order valence-corrected chi connectivity index (χ4v) is 6.88. The fraction of sp³-hybridized carbons (Fsp3) is 0.741. The van der Waals surface area contributed by atoms with Crippen molar-refractivity contribution in [1.29, 1.82) is 0 Å². The van der Waals surface area contributed by atoms with E-state index in [4.69, 9.17) is 14.2 Å². The highest BCUT2D eigenvalue weighted by molar-refractivity contribution is 7.89. The van der Waals surface area contributed by atoms with E-state index in [-0.39, 0.29) is 42.7 Å². The normalized spacial score (nSPS) is 20.9. The molecule has 1 amide bonds. The van der Waals surface area contributed by atoms with E-state index in [2.05, 4.69) is 4.90 Å². The van der Waals surface area contributed by atoms with Crippen molar-refractivity contribution in [3.63, 3.8) is 0 Å². The summed E-state index contributed by atoms with van der Waals surface area (Å²) in [6.45, 7) is 7.96. The zero-order chi connectivity index (χ0) is 27.0. The van der Waals surface area contributed by atoms with Crippen LogP contribution in [0.25, 0.3) is 0 Å². The Labute approximate surface area is 223 Å². The molecule has 2 aliphatic rings. The Morgan fingerprint density at radius 2 is 1.65 bits per heavy atom. The highest BCUT2D eigenvalue weighted by Gasteiger charge is 2.28. The maximum Gasteiger partial charge on any atom is 0.248 e. The highest BCUT2D eigenvalue weighted by Crippen LogP contribution is 2.28. The van der Waals surface area contributed by atoms with Gasteiger partial charge in [0.15, 0.2) is 0 Å². The van der Waals surface area contributed by atoms with Gasteiger partial charge in [-0.3, -0.25) is 4.79 Å². The van der Waals surface area contributed by atoms with Crippen molar-refractivity contribution in [1.82, 2.24) is 14.1 Å². The maximum atomic E-state index is 13.1. The summed E-state index contributed by atoms with van der Waals surface area (Å²) in [7, 11) is 1.23. The van der Waals surface area contributed by atoms with E-state index in [1.54, 1.807) is 38.0 Å². The Balaban J connectivity index is 1.36. The smallest absolute Gasteiger partial charge is 0.248 e. The Bertz CT molecular complexity index is 965. The summed E-state index contributed by atoms with van der Waals surface area (Å²) >= 11 is 0. The van der Waals surface area contributed by atoms with Crippen LogP contribution in [0, 0.1) is 13.8 Å². The summed E-state index contributed by atoms with van der Waals surface area (Å²) < 4.78 is 44.4. The van der Waals surface area contributed by atoms with Gasteiger partial charge in [-0.05, 0) is 88.7 Å². The monoisotopic (exact) mass is 539 g/mol. The molecule has 1 aliphatic carbocycles. The van der Waals surface area contributed by atoms with E-state index in [1.165, 1.54) is 37.3 Å². The number of nitrogens with zero attached hydrogens (tertiary/aromatic N) is 3. The van der Waals surface area contributed by atoms with Gasteiger partial charge < -0.3 is 24.0 Å². The SMILES string of the molecule is COc1cc(C)c(S(=O)(=O)N(C)CCOCC(=O)N(C)C2CCC(OCCN3CCCC3)CC2)c(C)c1. The van der Waals surface area contributed by atoms with E-state index in [1.807, 2.05) is 7.05 Å². The summed E-state index contributed by atoms with van der Waals surface area (Å²) in [5, 5.41) is 0. The second-order valence-electron chi connectivity index (χ2n) is 10.3. The molecule has 210 valence electrons. The first-order valence-electron chi connectivity index (χ1n) is 13.4. The average molecular weight is 540 g/mol. The van der Waals surface area contributed by atoms with Gasteiger partial charge >= 0.3 is 0 Å². The van der Waals surface area contributed by atoms with Crippen LogP contribution in [0.5, 0.6) is 5.75 Å². The highest BCUT2D eigenvalue weighted by atomic mass is 32.2. The van der Waals surface area contributed by atoms with Crippen molar-refractivity contribution < 1.29 is 27.4 Å². The summed E-state index contributed by atoms with van der Waals surface area (Å²) in [4.78, 5) is 17.2. The molecule has 1 aromatic carbocycles. The lowest BCUT2D eigenvalue weighted by Gasteiger charge is -2.34. The van der Waals surface area contributed by atoms with Gasteiger partial charge in [-0.25, -0.2) is 8.42 Å². The molecule has 0 unspecified atom stereocenters. The van der Waals surface area contributed by atoms with Crippen molar-refractivity contribution in [2.45, 2.75) is 69.4 Å². The van der Waals surface area contributed by atoms with Crippen LogP contribution in [0.15, 0.2) is 17.0 Å². The van der Waals surface area contributed by atoms with Crippen LogP contribution in [0.4, 0.5) is 0 Å². The molecular formula is C27H45N3O6S. The average Bonchev–Trinajstić information content (AvgIpc) is 3.39. The third-order valence-corrected chi connectivity index (χ3v) is 9.82. The maximum absolute atomic E-state index is 13.1. The Morgan fingerprint density at radius 1 is 1.03 bits per heavy atom. The molecule has 9 nitrogen and oxygen atoms in total. The standard InChI is InChI=1S/C27H45N3O6S/c1-21-18-25(34-5)19-22(2)27(21)37(32,33)28(3)14-16-35-20-26(31)29(4)23-8-10-24(11-9-23)36-17-15-30-12-6-7-13-30/h18-19,23-24H,6-17,20H2,1-5H3. The molecular weight excluding hydrogens is 494 g/mol. The number of aryl methyl sites for hydroxylation is 2. The predicted octanol–water partition coefficient (Wildman–Crippen LogP) is 2.83. The number of ether oxygens (including phenoxy) is 3. The zero-order valence-corrected chi connectivity index (χ0v) is 24.0. The van der Waals surface area contributed by atoms with Crippen LogP contribution in [-0.4, -0.2) is 108 Å². The first kappa shape index (κ1) is 29.8. The largest absolute Gasteiger partial charge is 0.497 e. The molecule has 1 saturated heterocycles. The van der Waals surface area contributed by atoms with Gasteiger partial charge in [-0.1, -0.05) is 0 Å². The number of carbonyl (C=O) groups is 1. The van der Waals surface area contributed by atoms with Gasteiger partial charge in [-0.2, -0.15) is 4.31 Å². The molecule has 1 saturated carbocycles. The summed E-state index contributed by atoms with van der Waals surface area (Å²) in [5.41, 5.74) is 1.27. The number of sulfonamides is 1. The van der Waals surface area contributed by atoms with E-state index >= 15 is 0 Å². The third kappa shape index (κ3) is 8.13. The molecule has 10 heteroatoms. The van der Waals surface area contributed by atoms with Crippen molar-refractivity contribution in [2.75, 3.05) is 67.2 Å². The van der Waals surface area contributed by atoms with Gasteiger partial charge in [0.1, 0.15) is 12.4 Å². The van der Waals surface area contributed by atoms with Gasteiger partial charge in [0, 0.05) is 33.2 Å². The fourth-order valence-electron chi connectivity index (χ4n) is 5.32. The molecule has 1 heterocycles. The molecule has 0 N–H and O–H groups in total. The predicted molar refractivity (Wildman–Crippen MR) is 144 cm³/mol. The quantitative estimate of drug-likeness (QED) is 0.356. The molecule has 0 spiro atoms. The second-order valence-corrected chi connectivity index (χ2v) is 12.3. The molecule has 2 fully saturated rings. The Morgan fingerprint density at radius 3 is 2.24 bits per heavy atom. The van der Waals surface area contributed by atoms with Crippen molar-refractivity contribution >= 4 is 15.9 Å². The zero-order valence-electron chi connectivity index (χ0n) is 23.2. The molecule has 1 aromatic rings. The summed E-state index contributed by atoms with van der Waals surface area (Å²) in [6.07, 6.45) is 6.68. The lowest BCUT2D eigenvalue weighted by Crippen LogP contribution is -2.42. The third-order valence-electron chi connectivity index (χ3n) is 7.66. The summed E-state index contributed by atoms with van der Waals surface area (Å²) in [6, 6.07) is 3.62. The number of hydrogen-bond donors (Lipinski definition) is 0. The minimum Gasteiger partial charge on any atom is -0.497 e. The Kier molecular flexibility index (Phi) is 11.2. The second kappa shape index (κ2) is 13.9. The molecule has 0 bridgehead atoms. The van der Waals surface area contributed by atoms with Crippen molar-refractivity contribution in [2.24, 2.45) is 0 Å².